The van der Waals surface area contributed by atoms with Crippen LogP contribution in [0.3, 0.4) is 0 Å². The minimum atomic E-state index is -0.844. The van der Waals surface area contributed by atoms with Crippen molar-refractivity contribution in [2.24, 2.45) is 0 Å². The predicted octanol–water partition coefficient (Wildman–Crippen LogP) is 6.52. The maximum absolute atomic E-state index is 13.2. The minimum Gasteiger partial charge on any atom is -0.340 e. The van der Waals surface area contributed by atoms with Crippen LogP contribution >= 0.6 is 11.8 Å². The summed E-state index contributed by atoms with van der Waals surface area (Å²) in [4.78, 5) is 31.2. The summed E-state index contributed by atoms with van der Waals surface area (Å²) < 4.78 is 13.2. The monoisotopic (exact) mass is 515 g/mol. The number of carbonyl (C=O) groups excluding carboxylic acids is 2. The van der Waals surface area contributed by atoms with Crippen molar-refractivity contribution < 1.29 is 14.0 Å². The van der Waals surface area contributed by atoms with Crippen LogP contribution in [0.15, 0.2) is 108 Å². The van der Waals surface area contributed by atoms with Gasteiger partial charge in [0, 0.05) is 28.8 Å². The normalized spacial score (nSPS) is 11.0. The minimum absolute atomic E-state index is 0.273. The van der Waals surface area contributed by atoms with Gasteiger partial charge in [0.05, 0.1) is 0 Å². The Morgan fingerprint density at radius 1 is 0.838 bits per heavy atom. The van der Waals surface area contributed by atoms with Crippen LogP contribution in [0.5, 0.6) is 0 Å². The molecule has 190 valence electrons. The first-order valence-corrected chi connectivity index (χ1v) is 13.1. The van der Waals surface area contributed by atoms with Crippen LogP contribution in [0, 0.1) is 5.82 Å². The number of aromatic nitrogens is 1. The summed E-state index contributed by atoms with van der Waals surface area (Å²) in [5.41, 5.74) is 2.39. The molecule has 2 N–H and O–H groups in total. The Morgan fingerprint density at radius 2 is 1.46 bits per heavy atom. The van der Waals surface area contributed by atoms with Gasteiger partial charge in [-0.25, -0.2) is 9.37 Å². The predicted molar refractivity (Wildman–Crippen MR) is 148 cm³/mol. The molecule has 0 saturated heterocycles. The first kappa shape index (κ1) is 27.6. The first-order valence-electron chi connectivity index (χ1n) is 12.1. The fourth-order valence-corrected chi connectivity index (χ4v) is 4.21. The number of anilines is 1. The number of nitrogens with one attached hydrogen (secondary N) is 2. The largest absolute Gasteiger partial charge is 0.340 e. The second kappa shape index (κ2) is 14.6. The zero-order valence-corrected chi connectivity index (χ0v) is 21.7. The molecule has 2 amide bonds. The van der Waals surface area contributed by atoms with Crippen LogP contribution in [0.2, 0.25) is 0 Å². The van der Waals surface area contributed by atoms with Crippen LogP contribution in [0.25, 0.3) is 0 Å². The molecule has 1 aromatic heterocycles. The molecule has 0 aliphatic heterocycles. The smallest absolute Gasteiger partial charge is 0.251 e. The lowest BCUT2D eigenvalue weighted by atomic mass is 10.0. The van der Waals surface area contributed by atoms with Crippen LogP contribution in [0.4, 0.5) is 10.2 Å². The molecule has 1 unspecified atom stereocenters. The molecule has 0 saturated carbocycles. The maximum Gasteiger partial charge on any atom is 0.251 e. The Labute approximate surface area is 221 Å². The van der Waals surface area contributed by atoms with Crippen LogP contribution in [-0.2, 0) is 17.0 Å². The van der Waals surface area contributed by atoms with Gasteiger partial charge in [0.25, 0.3) is 5.91 Å². The average molecular weight is 516 g/mol. The van der Waals surface area contributed by atoms with Gasteiger partial charge in [-0.3, -0.25) is 9.59 Å². The number of nitrogens with zero attached hydrogens (tertiary/aromatic N) is 1. The maximum atomic E-state index is 13.2. The zero-order valence-electron chi connectivity index (χ0n) is 20.9. The second-order valence-electron chi connectivity index (χ2n) is 7.87. The van der Waals surface area contributed by atoms with Crippen LogP contribution < -0.4 is 10.6 Å². The highest BCUT2D eigenvalue weighted by molar-refractivity contribution is 7.98. The number of amides is 2. The highest BCUT2D eigenvalue weighted by Gasteiger charge is 2.22. The Balaban J connectivity index is 0.00000186. The highest BCUT2D eigenvalue weighted by atomic mass is 32.2. The van der Waals surface area contributed by atoms with E-state index in [0.29, 0.717) is 12.2 Å². The number of hydrogen-bond donors (Lipinski definition) is 2. The lowest BCUT2D eigenvalue weighted by molar-refractivity contribution is -0.118. The zero-order chi connectivity index (χ0) is 26.5. The number of pyridine rings is 1. The number of benzene rings is 3. The van der Waals surface area contributed by atoms with E-state index >= 15 is 0 Å². The van der Waals surface area contributed by atoms with Crippen LogP contribution in [0.1, 0.15) is 35.3 Å². The van der Waals surface area contributed by atoms with Crippen molar-refractivity contribution in [2.75, 3.05) is 5.32 Å². The molecule has 0 aliphatic rings. The fourth-order valence-electron chi connectivity index (χ4n) is 3.40. The van der Waals surface area contributed by atoms with E-state index < -0.39 is 17.8 Å². The quantitative estimate of drug-likeness (QED) is 0.249. The summed E-state index contributed by atoms with van der Waals surface area (Å²) in [6, 6.07) is 27.6. The SMILES string of the molecule is CC.O=C(NC(Cc1ccccc1)C(=O)Nc1ccc(SCc2ccccc2)cn1)c1ccc(F)cc1. The van der Waals surface area contributed by atoms with Gasteiger partial charge in [0.2, 0.25) is 5.91 Å². The fraction of sp³-hybridized carbons (Fsp3) is 0.167. The van der Waals surface area contributed by atoms with E-state index in [-0.39, 0.29) is 11.5 Å². The van der Waals surface area contributed by atoms with E-state index in [1.165, 1.54) is 29.8 Å². The van der Waals surface area contributed by atoms with Gasteiger partial charge < -0.3 is 10.6 Å². The van der Waals surface area contributed by atoms with E-state index in [1.54, 1.807) is 24.0 Å². The van der Waals surface area contributed by atoms with Crippen LogP contribution in [-0.4, -0.2) is 22.8 Å². The molecule has 0 spiro atoms. The summed E-state index contributed by atoms with van der Waals surface area (Å²) in [6.07, 6.45) is 2.01. The highest BCUT2D eigenvalue weighted by Crippen LogP contribution is 2.23. The summed E-state index contributed by atoms with van der Waals surface area (Å²) in [5.74, 6) is -0.0593. The van der Waals surface area contributed by atoms with E-state index in [1.807, 2.05) is 68.4 Å². The average Bonchev–Trinajstić information content (AvgIpc) is 2.95. The van der Waals surface area contributed by atoms with E-state index in [2.05, 4.69) is 27.8 Å². The van der Waals surface area contributed by atoms with Crippen molar-refractivity contribution in [2.45, 2.75) is 37.0 Å². The van der Waals surface area contributed by atoms with E-state index in [4.69, 9.17) is 0 Å². The van der Waals surface area contributed by atoms with Gasteiger partial charge in [-0.1, -0.05) is 74.5 Å². The summed E-state index contributed by atoms with van der Waals surface area (Å²) >= 11 is 1.66. The molecule has 0 radical (unpaired) electrons. The van der Waals surface area contributed by atoms with Gasteiger partial charge in [-0.15, -0.1) is 11.8 Å². The molecular formula is C30H30FN3O2S. The van der Waals surface area contributed by atoms with E-state index in [9.17, 15) is 14.0 Å². The lowest BCUT2D eigenvalue weighted by Crippen LogP contribution is -2.45. The van der Waals surface area contributed by atoms with Gasteiger partial charge in [0.1, 0.15) is 17.7 Å². The number of carbonyl (C=O) groups is 2. The van der Waals surface area contributed by atoms with Crippen molar-refractivity contribution in [1.82, 2.24) is 10.3 Å². The Bertz CT molecular complexity index is 1250. The Kier molecular flexibility index (Phi) is 10.9. The molecule has 4 aromatic rings. The van der Waals surface area contributed by atoms with Crippen molar-refractivity contribution in [3.63, 3.8) is 0 Å². The summed E-state index contributed by atoms with van der Waals surface area (Å²) in [7, 11) is 0. The molecule has 7 heteroatoms. The molecular weight excluding hydrogens is 485 g/mol. The number of thioether (sulfide) groups is 1. The number of rotatable bonds is 9. The molecule has 0 bridgehead atoms. The van der Waals surface area contributed by atoms with Crippen molar-refractivity contribution in [3.8, 4) is 0 Å². The third-order valence-electron chi connectivity index (χ3n) is 5.25. The number of hydrogen-bond acceptors (Lipinski definition) is 4. The molecule has 1 heterocycles. The molecule has 1 atom stereocenters. The topological polar surface area (TPSA) is 71.1 Å². The molecule has 37 heavy (non-hydrogen) atoms. The third-order valence-corrected chi connectivity index (χ3v) is 6.30. The lowest BCUT2D eigenvalue weighted by Gasteiger charge is -2.18. The molecule has 5 nitrogen and oxygen atoms in total. The Hall–Kier alpha value is -3.97. The van der Waals surface area contributed by atoms with Gasteiger partial charge >= 0.3 is 0 Å². The van der Waals surface area contributed by atoms with Crippen molar-refractivity contribution in [1.29, 1.82) is 0 Å². The van der Waals surface area contributed by atoms with Gasteiger partial charge in [-0.05, 0) is 47.5 Å². The summed E-state index contributed by atoms with van der Waals surface area (Å²) in [5, 5.41) is 5.56. The van der Waals surface area contributed by atoms with Crippen molar-refractivity contribution >= 4 is 29.4 Å². The molecule has 0 fully saturated rings. The van der Waals surface area contributed by atoms with Gasteiger partial charge in [0.15, 0.2) is 0 Å². The third kappa shape index (κ3) is 8.88. The number of halogens is 1. The molecule has 4 rings (SSSR count). The second-order valence-corrected chi connectivity index (χ2v) is 8.91. The van der Waals surface area contributed by atoms with Gasteiger partial charge in [-0.2, -0.15) is 0 Å². The molecule has 3 aromatic carbocycles. The van der Waals surface area contributed by atoms with Crippen molar-refractivity contribution in [3.05, 3.63) is 126 Å². The molecule has 0 aliphatic carbocycles. The van der Waals surface area contributed by atoms with E-state index in [0.717, 1.165) is 16.2 Å². The Morgan fingerprint density at radius 3 is 2.05 bits per heavy atom. The summed E-state index contributed by atoms with van der Waals surface area (Å²) in [6.45, 7) is 4.00. The standard InChI is InChI=1S/C28H24FN3O2S.C2H6/c29-23-13-11-22(12-14-23)27(33)31-25(17-20-7-3-1-4-8-20)28(34)32-26-16-15-24(18-30-26)35-19-21-9-5-2-6-10-21;1-2/h1-16,18,25H,17,19H2,(H,31,33)(H,30,32,34);1-2H3. The first-order chi connectivity index (χ1) is 18.1.